The van der Waals surface area contributed by atoms with Crippen molar-refractivity contribution >= 4 is 10.0 Å². The smallest absolute Gasteiger partial charge is 0.209 e. The van der Waals surface area contributed by atoms with Gasteiger partial charge in [0.2, 0.25) is 10.0 Å². The molecule has 5 heteroatoms. The highest BCUT2D eigenvalue weighted by atomic mass is 32.2. The van der Waals surface area contributed by atoms with E-state index in [4.69, 9.17) is 0 Å². The molecule has 1 N–H and O–H groups in total. The van der Waals surface area contributed by atoms with Crippen LogP contribution in [0, 0.1) is 5.92 Å². The minimum absolute atomic E-state index is 0.164. The molecule has 0 radical (unpaired) electrons. The van der Waals surface area contributed by atoms with E-state index in [9.17, 15) is 8.42 Å². The van der Waals surface area contributed by atoms with Crippen LogP contribution in [0.2, 0.25) is 0 Å². The van der Waals surface area contributed by atoms with Gasteiger partial charge >= 0.3 is 0 Å². The topological polar surface area (TPSA) is 49.4 Å². The molecule has 2 bridgehead atoms. The molecule has 3 heterocycles. The normalized spacial score (nSPS) is 39.3. The zero-order valence-electron chi connectivity index (χ0n) is 7.86. The van der Waals surface area contributed by atoms with Crippen molar-refractivity contribution in [2.75, 3.05) is 25.9 Å². The van der Waals surface area contributed by atoms with E-state index in [2.05, 4.69) is 9.62 Å². The first kappa shape index (κ1) is 9.43. The van der Waals surface area contributed by atoms with E-state index in [-0.39, 0.29) is 6.04 Å². The lowest BCUT2D eigenvalue weighted by Crippen LogP contribution is -2.56. The second-order valence-electron chi connectivity index (χ2n) is 4.13. The number of hydrogen-bond acceptors (Lipinski definition) is 3. The van der Waals surface area contributed by atoms with Crippen LogP contribution in [0.4, 0.5) is 0 Å². The molecule has 0 spiro atoms. The number of fused-ring (bicyclic) bond motifs is 3. The molecule has 0 saturated carbocycles. The van der Waals surface area contributed by atoms with Gasteiger partial charge in [0.15, 0.2) is 0 Å². The predicted octanol–water partition coefficient (Wildman–Crippen LogP) is -0.370. The largest absolute Gasteiger partial charge is 0.302 e. The molecule has 3 fully saturated rings. The predicted molar refractivity (Wildman–Crippen MR) is 50.9 cm³/mol. The number of nitrogens with zero attached hydrogens (tertiary/aromatic N) is 1. The maximum Gasteiger partial charge on any atom is 0.209 e. The van der Waals surface area contributed by atoms with E-state index in [1.807, 2.05) is 0 Å². The molecule has 76 valence electrons. The van der Waals surface area contributed by atoms with Crippen LogP contribution in [0.15, 0.2) is 0 Å². The first-order chi connectivity index (χ1) is 6.04. The maximum absolute atomic E-state index is 11.0. The van der Waals surface area contributed by atoms with E-state index < -0.39 is 10.0 Å². The van der Waals surface area contributed by atoms with Gasteiger partial charge < -0.3 is 4.90 Å². The van der Waals surface area contributed by atoms with Gasteiger partial charge in [-0.05, 0) is 31.8 Å². The Morgan fingerprint density at radius 1 is 1.31 bits per heavy atom. The van der Waals surface area contributed by atoms with Crippen molar-refractivity contribution in [3.63, 3.8) is 0 Å². The summed E-state index contributed by atoms with van der Waals surface area (Å²) in [7, 11) is -3.02. The van der Waals surface area contributed by atoms with Crippen molar-refractivity contribution in [2.24, 2.45) is 5.92 Å². The van der Waals surface area contributed by atoms with Gasteiger partial charge in [-0.2, -0.15) is 0 Å². The molecule has 0 aliphatic carbocycles. The Kier molecular flexibility index (Phi) is 2.33. The van der Waals surface area contributed by atoms with Gasteiger partial charge in [-0.1, -0.05) is 0 Å². The van der Waals surface area contributed by atoms with Crippen molar-refractivity contribution in [3.8, 4) is 0 Å². The van der Waals surface area contributed by atoms with Gasteiger partial charge in [-0.3, -0.25) is 0 Å². The minimum Gasteiger partial charge on any atom is -0.302 e. The maximum atomic E-state index is 11.0. The van der Waals surface area contributed by atoms with Crippen LogP contribution in [0.3, 0.4) is 0 Å². The lowest BCUT2D eigenvalue weighted by Gasteiger charge is -2.44. The zero-order chi connectivity index (χ0) is 9.47. The molecule has 3 aliphatic rings. The number of hydrogen-bond donors (Lipinski definition) is 1. The highest BCUT2D eigenvalue weighted by Crippen LogP contribution is 2.27. The summed E-state index contributed by atoms with van der Waals surface area (Å²) in [6.07, 6.45) is 3.53. The zero-order valence-corrected chi connectivity index (χ0v) is 8.68. The summed E-state index contributed by atoms with van der Waals surface area (Å²) in [5, 5.41) is 0. The summed E-state index contributed by atoms with van der Waals surface area (Å²) in [4.78, 5) is 2.34. The summed E-state index contributed by atoms with van der Waals surface area (Å²) >= 11 is 0. The lowest BCUT2D eigenvalue weighted by molar-refractivity contribution is 0.0828. The molecule has 3 saturated heterocycles. The molecule has 3 aliphatic heterocycles. The molecule has 0 aromatic carbocycles. The molecule has 1 atom stereocenters. The summed E-state index contributed by atoms with van der Waals surface area (Å²) in [5.41, 5.74) is 0. The summed E-state index contributed by atoms with van der Waals surface area (Å²) in [6.45, 7) is 3.19. The average molecular weight is 204 g/mol. The Labute approximate surface area is 79.4 Å². The third kappa shape index (κ3) is 2.21. The van der Waals surface area contributed by atoms with E-state index in [1.165, 1.54) is 6.26 Å². The van der Waals surface area contributed by atoms with Crippen molar-refractivity contribution in [3.05, 3.63) is 0 Å². The van der Waals surface area contributed by atoms with Crippen molar-refractivity contribution in [1.29, 1.82) is 0 Å². The molecule has 0 amide bonds. The number of nitrogens with one attached hydrogen (secondary N) is 1. The Morgan fingerprint density at radius 3 is 2.31 bits per heavy atom. The molecule has 0 aromatic heterocycles. The monoisotopic (exact) mass is 204 g/mol. The second kappa shape index (κ2) is 3.22. The van der Waals surface area contributed by atoms with Crippen LogP contribution in [0.25, 0.3) is 0 Å². The van der Waals surface area contributed by atoms with Crippen molar-refractivity contribution < 1.29 is 8.42 Å². The number of rotatable bonds is 2. The van der Waals surface area contributed by atoms with Crippen LogP contribution in [0.1, 0.15) is 12.8 Å². The van der Waals surface area contributed by atoms with Gasteiger partial charge in [0.05, 0.1) is 6.26 Å². The average Bonchev–Trinajstić information content (AvgIpc) is 2.03. The first-order valence-electron chi connectivity index (χ1n) is 4.74. The molecular formula is C8H16N2O2S. The van der Waals surface area contributed by atoms with E-state index >= 15 is 0 Å². The Hall–Kier alpha value is -0.130. The van der Waals surface area contributed by atoms with Gasteiger partial charge in [0.25, 0.3) is 0 Å². The summed E-state index contributed by atoms with van der Waals surface area (Å²) in [5.74, 6) is 0.569. The lowest BCUT2D eigenvalue weighted by atomic mass is 9.85. The van der Waals surface area contributed by atoms with Gasteiger partial charge in [0, 0.05) is 12.6 Å². The van der Waals surface area contributed by atoms with E-state index in [1.54, 1.807) is 0 Å². The summed E-state index contributed by atoms with van der Waals surface area (Å²) < 4.78 is 24.8. The van der Waals surface area contributed by atoms with Gasteiger partial charge in [-0.15, -0.1) is 0 Å². The fourth-order valence-electron chi connectivity index (χ4n) is 2.37. The molecule has 4 nitrogen and oxygen atoms in total. The highest BCUT2D eigenvalue weighted by molar-refractivity contribution is 7.88. The van der Waals surface area contributed by atoms with E-state index in [0.29, 0.717) is 5.92 Å². The molecular weight excluding hydrogens is 188 g/mol. The van der Waals surface area contributed by atoms with E-state index in [0.717, 1.165) is 32.5 Å². The fourth-order valence-corrected chi connectivity index (χ4v) is 3.19. The van der Waals surface area contributed by atoms with Crippen molar-refractivity contribution in [2.45, 2.75) is 18.9 Å². The van der Waals surface area contributed by atoms with Crippen LogP contribution < -0.4 is 4.72 Å². The number of sulfonamides is 1. The van der Waals surface area contributed by atoms with Crippen LogP contribution in [-0.2, 0) is 10.0 Å². The van der Waals surface area contributed by atoms with Gasteiger partial charge in [0.1, 0.15) is 0 Å². The first-order valence-corrected chi connectivity index (χ1v) is 6.63. The SMILES string of the molecule is CS(=O)(=O)NC1CN2CCC1CC2. The Balaban J connectivity index is 2.01. The second-order valence-corrected chi connectivity index (χ2v) is 5.91. The Morgan fingerprint density at radius 2 is 1.92 bits per heavy atom. The minimum atomic E-state index is -3.02. The van der Waals surface area contributed by atoms with Crippen LogP contribution in [0.5, 0.6) is 0 Å². The third-order valence-corrected chi connectivity index (χ3v) is 3.75. The fraction of sp³-hybridized carbons (Fsp3) is 1.00. The quantitative estimate of drug-likeness (QED) is 0.667. The van der Waals surface area contributed by atoms with Crippen molar-refractivity contribution in [1.82, 2.24) is 9.62 Å². The van der Waals surface area contributed by atoms with Crippen LogP contribution in [-0.4, -0.2) is 45.2 Å². The summed E-state index contributed by atoms with van der Waals surface area (Å²) in [6, 6.07) is 0.164. The highest BCUT2D eigenvalue weighted by Gasteiger charge is 2.35. The van der Waals surface area contributed by atoms with Crippen LogP contribution >= 0.6 is 0 Å². The standard InChI is InChI=1S/C8H16N2O2S/c1-13(11,12)9-8-6-10-4-2-7(8)3-5-10/h7-9H,2-6H2,1H3. The molecule has 3 rings (SSSR count). The molecule has 13 heavy (non-hydrogen) atoms. The molecule has 1 unspecified atom stereocenters. The number of piperidine rings is 3. The molecule has 0 aromatic rings. The van der Waals surface area contributed by atoms with Gasteiger partial charge in [-0.25, -0.2) is 13.1 Å². The third-order valence-electron chi connectivity index (χ3n) is 3.02. The Bertz CT molecular complexity index is 281.